The van der Waals surface area contributed by atoms with Crippen LogP contribution in [0, 0.1) is 13.8 Å². The van der Waals surface area contributed by atoms with Crippen molar-refractivity contribution in [3.8, 4) is 0 Å². The standard InChI is InChI=1S/C18H17N5O/c1-12-11-13(2)21-18(20-12)22-15-8-6-14(7-9-15)17(24)23-16-5-3-4-10-19-16/h3-11H,1-2H3,(H,19,23,24)(H,20,21,22). The molecule has 0 atom stereocenters. The summed E-state index contributed by atoms with van der Waals surface area (Å²) in [5.74, 6) is 0.856. The van der Waals surface area contributed by atoms with Gasteiger partial charge < -0.3 is 10.6 Å². The van der Waals surface area contributed by atoms with Gasteiger partial charge in [0.2, 0.25) is 5.95 Å². The van der Waals surface area contributed by atoms with E-state index in [0.717, 1.165) is 17.1 Å². The fraction of sp³-hybridized carbons (Fsp3) is 0.111. The largest absolute Gasteiger partial charge is 0.324 e. The maximum Gasteiger partial charge on any atom is 0.256 e. The molecule has 3 rings (SSSR count). The van der Waals surface area contributed by atoms with Gasteiger partial charge in [-0.1, -0.05) is 6.07 Å². The summed E-state index contributed by atoms with van der Waals surface area (Å²) in [6.07, 6.45) is 1.63. The third-order valence-electron chi connectivity index (χ3n) is 3.29. The normalized spacial score (nSPS) is 10.2. The Kier molecular flexibility index (Phi) is 4.47. The first-order valence-corrected chi connectivity index (χ1v) is 7.52. The summed E-state index contributed by atoms with van der Waals surface area (Å²) in [4.78, 5) is 24.9. The molecule has 1 aromatic carbocycles. The van der Waals surface area contributed by atoms with Crippen molar-refractivity contribution in [1.29, 1.82) is 0 Å². The average Bonchev–Trinajstić information content (AvgIpc) is 2.55. The first-order chi connectivity index (χ1) is 11.6. The highest BCUT2D eigenvalue weighted by Crippen LogP contribution is 2.15. The Morgan fingerprint density at radius 3 is 2.29 bits per heavy atom. The first kappa shape index (κ1) is 15.6. The monoisotopic (exact) mass is 319 g/mol. The zero-order valence-electron chi connectivity index (χ0n) is 13.4. The van der Waals surface area contributed by atoms with E-state index in [-0.39, 0.29) is 5.91 Å². The summed E-state index contributed by atoms with van der Waals surface area (Å²) < 4.78 is 0. The maximum absolute atomic E-state index is 12.2. The average molecular weight is 319 g/mol. The van der Waals surface area contributed by atoms with E-state index in [9.17, 15) is 4.79 Å². The predicted molar refractivity (Wildman–Crippen MR) is 93.4 cm³/mol. The highest BCUT2D eigenvalue weighted by atomic mass is 16.1. The van der Waals surface area contributed by atoms with E-state index in [4.69, 9.17) is 0 Å². The summed E-state index contributed by atoms with van der Waals surface area (Å²) in [6, 6.07) is 14.4. The zero-order chi connectivity index (χ0) is 16.9. The second-order valence-corrected chi connectivity index (χ2v) is 5.35. The molecule has 3 aromatic rings. The Hall–Kier alpha value is -3.28. The summed E-state index contributed by atoms with van der Waals surface area (Å²) in [6.45, 7) is 3.84. The molecule has 0 radical (unpaired) electrons. The lowest BCUT2D eigenvalue weighted by atomic mass is 10.2. The lowest BCUT2D eigenvalue weighted by Gasteiger charge is -2.08. The minimum Gasteiger partial charge on any atom is -0.324 e. The number of carbonyl (C=O) groups is 1. The van der Waals surface area contributed by atoms with Crippen LogP contribution in [-0.2, 0) is 0 Å². The quantitative estimate of drug-likeness (QED) is 0.769. The molecule has 0 unspecified atom stereocenters. The van der Waals surface area contributed by atoms with Crippen LogP contribution in [0.15, 0.2) is 54.7 Å². The Morgan fingerprint density at radius 1 is 0.958 bits per heavy atom. The smallest absolute Gasteiger partial charge is 0.256 e. The summed E-state index contributed by atoms with van der Waals surface area (Å²) in [7, 11) is 0. The van der Waals surface area contributed by atoms with Gasteiger partial charge in [-0.3, -0.25) is 4.79 Å². The summed E-state index contributed by atoms with van der Waals surface area (Å²) >= 11 is 0. The van der Waals surface area contributed by atoms with Gasteiger partial charge in [-0.15, -0.1) is 0 Å². The number of nitrogens with one attached hydrogen (secondary N) is 2. The van der Waals surface area contributed by atoms with Crippen molar-refractivity contribution in [2.45, 2.75) is 13.8 Å². The molecule has 0 spiro atoms. The third kappa shape index (κ3) is 3.92. The molecule has 2 heterocycles. The van der Waals surface area contributed by atoms with Gasteiger partial charge in [-0.05, 0) is 56.3 Å². The Balaban J connectivity index is 1.70. The fourth-order valence-corrected chi connectivity index (χ4v) is 2.24. The third-order valence-corrected chi connectivity index (χ3v) is 3.29. The number of nitrogens with zero attached hydrogens (tertiary/aromatic N) is 3. The molecule has 6 nitrogen and oxygen atoms in total. The number of hydrogen-bond acceptors (Lipinski definition) is 5. The molecule has 0 saturated carbocycles. The zero-order valence-corrected chi connectivity index (χ0v) is 13.4. The van der Waals surface area contributed by atoms with E-state index in [1.807, 2.05) is 38.1 Å². The van der Waals surface area contributed by atoms with E-state index in [0.29, 0.717) is 17.3 Å². The number of anilines is 3. The number of aryl methyl sites for hydroxylation is 2. The van der Waals surface area contributed by atoms with Crippen LogP contribution in [0.4, 0.5) is 17.5 Å². The number of hydrogen-bond donors (Lipinski definition) is 2. The van der Waals surface area contributed by atoms with Crippen molar-refractivity contribution in [2.24, 2.45) is 0 Å². The van der Waals surface area contributed by atoms with Crippen molar-refractivity contribution in [3.05, 3.63) is 71.7 Å². The van der Waals surface area contributed by atoms with Crippen LogP contribution in [-0.4, -0.2) is 20.9 Å². The van der Waals surface area contributed by atoms with Crippen LogP contribution in [0.2, 0.25) is 0 Å². The SMILES string of the molecule is Cc1cc(C)nc(Nc2ccc(C(=O)Nc3ccccn3)cc2)n1. The number of amides is 1. The molecule has 0 aliphatic rings. The molecular formula is C18H17N5O. The van der Waals surface area contributed by atoms with Crippen LogP contribution in [0.5, 0.6) is 0 Å². The number of carbonyl (C=O) groups excluding carboxylic acids is 1. The van der Waals surface area contributed by atoms with Gasteiger partial charge in [0, 0.05) is 28.8 Å². The molecule has 0 bridgehead atoms. The molecular weight excluding hydrogens is 302 g/mol. The molecule has 2 N–H and O–H groups in total. The van der Waals surface area contributed by atoms with Gasteiger partial charge in [0.25, 0.3) is 5.91 Å². The van der Waals surface area contributed by atoms with Crippen molar-refractivity contribution in [1.82, 2.24) is 15.0 Å². The predicted octanol–water partition coefficient (Wildman–Crippen LogP) is 3.48. The molecule has 0 saturated heterocycles. The molecule has 120 valence electrons. The Morgan fingerprint density at radius 2 is 1.67 bits per heavy atom. The number of rotatable bonds is 4. The minimum absolute atomic E-state index is 0.206. The maximum atomic E-state index is 12.2. The topological polar surface area (TPSA) is 79.8 Å². The second kappa shape index (κ2) is 6.87. The van der Waals surface area contributed by atoms with E-state index < -0.39 is 0 Å². The molecule has 24 heavy (non-hydrogen) atoms. The van der Waals surface area contributed by atoms with Crippen molar-refractivity contribution in [2.75, 3.05) is 10.6 Å². The molecule has 0 aliphatic heterocycles. The molecule has 2 aromatic heterocycles. The molecule has 0 fully saturated rings. The van der Waals surface area contributed by atoms with Crippen LogP contribution in [0.25, 0.3) is 0 Å². The first-order valence-electron chi connectivity index (χ1n) is 7.52. The molecule has 0 aliphatic carbocycles. The lowest BCUT2D eigenvalue weighted by molar-refractivity contribution is 0.102. The van der Waals surface area contributed by atoms with E-state index in [1.165, 1.54) is 0 Å². The van der Waals surface area contributed by atoms with Gasteiger partial charge in [-0.2, -0.15) is 0 Å². The van der Waals surface area contributed by atoms with Crippen LogP contribution < -0.4 is 10.6 Å². The minimum atomic E-state index is -0.206. The van der Waals surface area contributed by atoms with Gasteiger partial charge in [0.15, 0.2) is 0 Å². The summed E-state index contributed by atoms with van der Waals surface area (Å²) in [5.41, 5.74) is 3.16. The number of pyridine rings is 1. The highest BCUT2D eigenvalue weighted by molar-refractivity contribution is 6.03. The fourth-order valence-electron chi connectivity index (χ4n) is 2.24. The Labute approximate surface area is 140 Å². The Bertz CT molecular complexity index is 827. The van der Waals surface area contributed by atoms with Crippen LogP contribution in [0.3, 0.4) is 0 Å². The van der Waals surface area contributed by atoms with E-state index >= 15 is 0 Å². The van der Waals surface area contributed by atoms with E-state index in [1.54, 1.807) is 30.5 Å². The van der Waals surface area contributed by atoms with E-state index in [2.05, 4.69) is 25.6 Å². The van der Waals surface area contributed by atoms with Crippen LogP contribution in [0.1, 0.15) is 21.7 Å². The van der Waals surface area contributed by atoms with Gasteiger partial charge in [0.05, 0.1) is 0 Å². The van der Waals surface area contributed by atoms with Crippen molar-refractivity contribution in [3.63, 3.8) is 0 Å². The van der Waals surface area contributed by atoms with Crippen molar-refractivity contribution >= 4 is 23.4 Å². The second-order valence-electron chi connectivity index (χ2n) is 5.35. The highest BCUT2D eigenvalue weighted by Gasteiger charge is 2.07. The van der Waals surface area contributed by atoms with Gasteiger partial charge in [-0.25, -0.2) is 15.0 Å². The summed E-state index contributed by atoms with van der Waals surface area (Å²) in [5, 5.41) is 5.88. The number of aromatic nitrogens is 3. The molecule has 6 heteroatoms. The number of benzene rings is 1. The van der Waals surface area contributed by atoms with Gasteiger partial charge >= 0.3 is 0 Å². The van der Waals surface area contributed by atoms with Gasteiger partial charge in [0.1, 0.15) is 5.82 Å². The van der Waals surface area contributed by atoms with Crippen molar-refractivity contribution < 1.29 is 4.79 Å². The molecule has 1 amide bonds. The van der Waals surface area contributed by atoms with Crippen LogP contribution >= 0.6 is 0 Å². The lowest BCUT2D eigenvalue weighted by Crippen LogP contribution is -2.12.